The molecule has 2 aliphatic rings. The highest BCUT2D eigenvalue weighted by Crippen LogP contribution is 2.21. The molecule has 3 rings (SSSR count). The molecule has 1 unspecified atom stereocenters. The molecule has 1 atom stereocenters. The molecule has 0 spiro atoms. The normalized spacial score (nSPS) is 26.4. The Bertz CT molecular complexity index is 414. The molecule has 0 aliphatic carbocycles. The van der Waals surface area contributed by atoms with Gasteiger partial charge in [0.05, 0.1) is 12.1 Å². The van der Waals surface area contributed by atoms with E-state index in [0.717, 1.165) is 19.6 Å². The average Bonchev–Trinajstić information content (AvgIpc) is 2.81. The summed E-state index contributed by atoms with van der Waals surface area (Å²) in [4.78, 5) is 15.4. The van der Waals surface area contributed by atoms with E-state index in [1.807, 2.05) is 30.2 Å². The highest BCUT2D eigenvalue weighted by Gasteiger charge is 2.32. The van der Waals surface area contributed by atoms with Gasteiger partial charge in [0.25, 0.3) is 0 Å². The third-order valence-electron chi connectivity index (χ3n) is 3.64. The topological polar surface area (TPSA) is 50.6 Å². The maximum absolute atomic E-state index is 11.3. The molecule has 0 aromatic carbocycles. The molecular formula is C12H18N4O2. The standard InChI is InChI=1S/C12H18N4O2/c1-14-7-11(18-9-12(14)17)8-15-5-10(6-15)16-4-2-3-13-16/h2-4,10-11H,5-9H2,1H3. The van der Waals surface area contributed by atoms with Gasteiger partial charge in [-0.15, -0.1) is 0 Å². The predicted molar refractivity (Wildman–Crippen MR) is 65.1 cm³/mol. The summed E-state index contributed by atoms with van der Waals surface area (Å²) in [5, 5.41) is 4.25. The van der Waals surface area contributed by atoms with E-state index in [9.17, 15) is 4.79 Å². The van der Waals surface area contributed by atoms with Crippen LogP contribution in [0.3, 0.4) is 0 Å². The Hall–Kier alpha value is -1.40. The number of carbonyl (C=O) groups excluding carboxylic acids is 1. The minimum Gasteiger partial charge on any atom is -0.365 e. The van der Waals surface area contributed by atoms with Gasteiger partial charge in [0.1, 0.15) is 6.61 Å². The van der Waals surface area contributed by atoms with Crippen molar-refractivity contribution in [2.24, 2.45) is 0 Å². The van der Waals surface area contributed by atoms with Crippen LogP contribution in [0.2, 0.25) is 0 Å². The number of hydrogen-bond acceptors (Lipinski definition) is 4. The van der Waals surface area contributed by atoms with Crippen LogP contribution in [0.4, 0.5) is 0 Å². The van der Waals surface area contributed by atoms with Gasteiger partial charge < -0.3 is 9.64 Å². The molecule has 2 fully saturated rings. The molecule has 6 nitrogen and oxygen atoms in total. The van der Waals surface area contributed by atoms with E-state index in [4.69, 9.17) is 4.74 Å². The Labute approximate surface area is 106 Å². The lowest BCUT2D eigenvalue weighted by Gasteiger charge is -2.42. The van der Waals surface area contributed by atoms with Crippen molar-refractivity contribution in [1.29, 1.82) is 0 Å². The van der Waals surface area contributed by atoms with Crippen LogP contribution in [0.5, 0.6) is 0 Å². The largest absolute Gasteiger partial charge is 0.365 e. The van der Waals surface area contributed by atoms with Crippen molar-refractivity contribution in [3.05, 3.63) is 18.5 Å². The van der Waals surface area contributed by atoms with Crippen LogP contribution in [0, 0.1) is 0 Å². The summed E-state index contributed by atoms with van der Waals surface area (Å²) in [6.07, 6.45) is 3.96. The van der Waals surface area contributed by atoms with Crippen LogP contribution in [-0.4, -0.2) is 71.4 Å². The number of nitrogens with zero attached hydrogens (tertiary/aromatic N) is 4. The van der Waals surface area contributed by atoms with Crippen molar-refractivity contribution >= 4 is 5.91 Å². The number of amides is 1. The Morgan fingerprint density at radius 3 is 2.94 bits per heavy atom. The Morgan fingerprint density at radius 1 is 1.44 bits per heavy atom. The summed E-state index contributed by atoms with van der Waals surface area (Å²) >= 11 is 0. The second-order valence-electron chi connectivity index (χ2n) is 5.07. The summed E-state index contributed by atoms with van der Waals surface area (Å²) < 4.78 is 7.55. The van der Waals surface area contributed by atoms with Crippen LogP contribution in [-0.2, 0) is 9.53 Å². The lowest BCUT2D eigenvalue weighted by atomic mass is 10.1. The number of likely N-dealkylation sites (N-methyl/N-ethyl adjacent to an activating group) is 1. The third kappa shape index (κ3) is 2.26. The summed E-state index contributed by atoms with van der Waals surface area (Å²) in [7, 11) is 1.83. The molecule has 0 saturated carbocycles. The highest BCUT2D eigenvalue weighted by molar-refractivity contribution is 5.77. The molecule has 1 aromatic heterocycles. The molecule has 6 heteroatoms. The second kappa shape index (κ2) is 4.70. The maximum Gasteiger partial charge on any atom is 0.248 e. The number of rotatable bonds is 3. The molecule has 18 heavy (non-hydrogen) atoms. The number of aromatic nitrogens is 2. The summed E-state index contributed by atoms with van der Waals surface area (Å²) in [5.41, 5.74) is 0. The minimum atomic E-state index is 0.0734. The van der Waals surface area contributed by atoms with Crippen LogP contribution < -0.4 is 0 Å². The van der Waals surface area contributed by atoms with Crippen molar-refractivity contribution in [1.82, 2.24) is 19.6 Å². The number of likely N-dealkylation sites (tertiary alicyclic amines) is 1. The molecule has 0 N–H and O–H groups in total. The van der Waals surface area contributed by atoms with Crippen molar-refractivity contribution < 1.29 is 9.53 Å². The summed E-state index contributed by atoms with van der Waals surface area (Å²) in [6.45, 7) is 3.84. The fourth-order valence-corrected chi connectivity index (χ4v) is 2.51. The first kappa shape index (κ1) is 11.7. The fourth-order valence-electron chi connectivity index (χ4n) is 2.51. The molecule has 3 heterocycles. The second-order valence-corrected chi connectivity index (χ2v) is 5.07. The molecule has 0 bridgehead atoms. The number of ether oxygens (including phenoxy) is 1. The molecule has 1 amide bonds. The third-order valence-corrected chi connectivity index (χ3v) is 3.64. The quantitative estimate of drug-likeness (QED) is 0.732. The minimum absolute atomic E-state index is 0.0734. The van der Waals surface area contributed by atoms with Gasteiger partial charge in [-0.05, 0) is 6.07 Å². The number of hydrogen-bond donors (Lipinski definition) is 0. The van der Waals surface area contributed by atoms with Crippen molar-refractivity contribution in [3.63, 3.8) is 0 Å². The Balaban J connectivity index is 1.45. The monoisotopic (exact) mass is 250 g/mol. The summed E-state index contributed by atoms with van der Waals surface area (Å²) in [5.74, 6) is 0.0734. The lowest BCUT2D eigenvalue weighted by Crippen LogP contribution is -2.54. The van der Waals surface area contributed by atoms with Gasteiger partial charge in [-0.25, -0.2) is 0 Å². The van der Waals surface area contributed by atoms with Gasteiger partial charge in [0.15, 0.2) is 0 Å². The summed E-state index contributed by atoms with van der Waals surface area (Å²) in [6, 6.07) is 2.44. The lowest BCUT2D eigenvalue weighted by molar-refractivity contribution is -0.148. The zero-order valence-electron chi connectivity index (χ0n) is 10.5. The van der Waals surface area contributed by atoms with E-state index < -0.39 is 0 Å². The molecule has 1 aromatic rings. The van der Waals surface area contributed by atoms with E-state index in [2.05, 4.69) is 10.00 Å². The number of carbonyl (C=O) groups is 1. The van der Waals surface area contributed by atoms with Crippen LogP contribution >= 0.6 is 0 Å². The fraction of sp³-hybridized carbons (Fsp3) is 0.667. The van der Waals surface area contributed by atoms with E-state index in [1.165, 1.54) is 0 Å². The zero-order chi connectivity index (χ0) is 12.5. The van der Waals surface area contributed by atoms with Crippen molar-refractivity contribution in [2.45, 2.75) is 12.1 Å². The van der Waals surface area contributed by atoms with Crippen molar-refractivity contribution in [3.8, 4) is 0 Å². The van der Waals surface area contributed by atoms with E-state index in [0.29, 0.717) is 12.6 Å². The maximum atomic E-state index is 11.3. The van der Waals surface area contributed by atoms with Gasteiger partial charge in [0, 0.05) is 45.6 Å². The SMILES string of the molecule is CN1CC(CN2CC(n3cccn3)C2)OCC1=O. The van der Waals surface area contributed by atoms with E-state index in [-0.39, 0.29) is 18.6 Å². The first-order valence-electron chi connectivity index (χ1n) is 6.29. The molecule has 2 saturated heterocycles. The van der Waals surface area contributed by atoms with Gasteiger partial charge >= 0.3 is 0 Å². The predicted octanol–water partition coefficient (Wildman–Crippen LogP) is -0.403. The van der Waals surface area contributed by atoms with Crippen LogP contribution in [0.25, 0.3) is 0 Å². The van der Waals surface area contributed by atoms with Crippen LogP contribution in [0.15, 0.2) is 18.5 Å². The van der Waals surface area contributed by atoms with Crippen LogP contribution in [0.1, 0.15) is 6.04 Å². The zero-order valence-corrected chi connectivity index (χ0v) is 10.5. The van der Waals surface area contributed by atoms with Crippen molar-refractivity contribution in [2.75, 3.05) is 39.8 Å². The smallest absolute Gasteiger partial charge is 0.248 e. The highest BCUT2D eigenvalue weighted by atomic mass is 16.5. The first-order chi connectivity index (χ1) is 8.72. The molecule has 98 valence electrons. The van der Waals surface area contributed by atoms with E-state index in [1.54, 1.807) is 4.90 Å². The van der Waals surface area contributed by atoms with Gasteiger partial charge in [-0.2, -0.15) is 5.10 Å². The van der Waals surface area contributed by atoms with Gasteiger partial charge in [-0.3, -0.25) is 14.4 Å². The van der Waals surface area contributed by atoms with E-state index >= 15 is 0 Å². The Morgan fingerprint density at radius 2 is 2.28 bits per heavy atom. The molecule has 2 aliphatic heterocycles. The van der Waals surface area contributed by atoms with Gasteiger partial charge in [0.2, 0.25) is 5.91 Å². The first-order valence-corrected chi connectivity index (χ1v) is 6.29. The number of morpholine rings is 1. The molecule has 0 radical (unpaired) electrons. The Kier molecular flexibility index (Phi) is 3.05. The molecular weight excluding hydrogens is 232 g/mol. The van der Waals surface area contributed by atoms with Gasteiger partial charge in [-0.1, -0.05) is 0 Å². The average molecular weight is 250 g/mol.